The maximum absolute atomic E-state index is 14.3. The quantitative estimate of drug-likeness (QED) is 0.338. The van der Waals surface area contributed by atoms with Crippen molar-refractivity contribution in [2.45, 2.75) is 68.4 Å². The number of thioether (sulfide) groups is 1. The Morgan fingerprint density at radius 3 is 2.63 bits per heavy atom. The van der Waals surface area contributed by atoms with Crippen LogP contribution in [0.1, 0.15) is 38.7 Å². The Morgan fingerprint density at radius 1 is 1.12 bits per heavy atom. The van der Waals surface area contributed by atoms with Gasteiger partial charge in [0, 0.05) is 11.8 Å². The van der Waals surface area contributed by atoms with E-state index in [2.05, 4.69) is 20.9 Å². The number of fused-ring (bicyclic) bond motifs is 2. The fourth-order valence-electron chi connectivity index (χ4n) is 7.05. The molecule has 7 atom stereocenters. The zero-order valence-electron chi connectivity index (χ0n) is 23.3. The van der Waals surface area contributed by atoms with Crippen molar-refractivity contribution in [3.8, 4) is 0 Å². The van der Waals surface area contributed by atoms with Gasteiger partial charge >= 0.3 is 0 Å². The molecule has 3 saturated heterocycles. The van der Waals surface area contributed by atoms with Gasteiger partial charge in [0.15, 0.2) is 0 Å². The predicted octanol–water partition coefficient (Wildman–Crippen LogP) is 2.32. The molecule has 3 aromatic rings. The van der Waals surface area contributed by atoms with Crippen LogP contribution in [0, 0.1) is 17.8 Å². The maximum Gasteiger partial charge on any atom is 0.245 e. The van der Waals surface area contributed by atoms with Gasteiger partial charge in [-0.1, -0.05) is 67.9 Å². The van der Waals surface area contributed by atoms with E-state index in [-0.39, 0.29) is 42.2 Å². The molecule has 2 aromatic carbocycles. The van der Waals surface area contributed by atoms with Crippen molar-refractivity contribution in [3.63, 3.8) is 0 Å². The molecule has 216 valence electrons. The number of aliphatic hydroxyl groups is 1. The van der Waals surface area contributed by atoms with Crippen LogP contribution in [0.2, 0.25) is 0 Å². The second kappa shape index (κ2) is 11.1. The summed E-state index contributed by atoms with van der Waals surface area (Å²) in [5.74, 6) is -1.82. The molecule has 3 fully saturated rings. The van der Waals surface area contributed by atoms with E-state index in [1.807, 2.05) is 68.4 Å². The van der Waals surface area contributed by atoms with Crippen LogP contribution in [0.25, 0.3) is 11.0 Å². The molecule has 4 heterocycles. The van der Waals surface area contributed by atoms with Crippen molar-refractivity contribution < 1.29 is 19.5 Å². The Morgan fingerprint density at radius 2 is 1.88 bits per heavy atom. The summed E-state index contributed by atoms with van der Waals surface area (Å²) >= 11 is 1.62. The lowest BCUT2D eigenvalue weighted by Crippen LogP contribution is -2.58. The summed E-state index contributed by atoms with van der Waals surface area (Å²) in [6.45, 7) is 4.23. The molecule has 0 aliphatic carbocycles. The normalized spacial score (nSPS) is 28.1. The molecular formula is C30H36N6O4S. The van der Waals surface area contributed by atoms with E-state index < -0.39 is 28.7 Å². The fraction of sp³-hybridized carbons (Fsp3) is 0.500. The summed E-state index contributed by atoms with van der Waals surface area (Å²) in [7, 11) is 0. The molecule has 2 unspecified atom stereocenters. The standard InChI is InChI=1S/C30H36N6O4S/c1-3-18(2)22(16-37)36-26(28(39)32-17-35-21-12-8-7-11-20(21)33-34-35)30-14-13-23(41-30)24(25(30)29(36)40)27(38)31-15-19-9-5-4-6-10-19/h4-12,18,22-26,37H,3,13-17H2,1-2H3,(H,31,38)(H,32,39)/t18-,22-,23-,24+,25-,26?,30?/m0/s1. The van der Waals surface area contributed by atoms with E-state index in [1.54, 1.807) is 21.3 Å². The number of carbonyl (C=O) groups is 3. The lowest BCUT2D eigenvalue weighted by Gasteiger charge is -2.39. The van der Waals surface area contributed by atoms with Gasteiger partial charge in [-0.25, -0.2) is 4.68 Å². The lowest BCUT2D eigenvalue weighted by atomic mass is 9.70. The number of likely N-dealkylation sites (tertiary alicyclic amines) is 1. The average molecular weight is 577 g/mol. The Hall–Kier alpha value is -3.44. The highest BCUT2D eigenvalue weighted by Gasteiger charge is 2.74. The van der Waals surface area contributed by atoms with Crippen LogP contribution < -0.4 is 10.6 Å². The highest BCUT2D eigenvalue weighted by molar-refractivity contribution is 8.02. The summed E-state index contributed by atoms with van der Waals surface area (Å²) in [5.41, 5.74) is 2.51. The second-order valence-electron chi connectivity index (χ2n) is 11.4. The van der Waals surface area contributed by atoms with Gasteiger partial charge in [0.05, 0.1) is 34.7 Å². The predicted molar refractivity (Wildman–Crippen MR) is 155 cm³/mol. The van der Waals surface area contributed by atoms with Crippen molar-refractivity contribution in [3.05, 3.63) is 60.2 Å². The maximum atomic E-state index is 14.3. The molecule has 3 amide bonds. The number of nitrogens with one attached hydrogen (secondary N) is 2. The molecule has 6 rings (SSSR count). The first-order valence-electron chi connectivity index (χ1n) is 14.4. The number of carbonyl (C=O) groups excluding carboxylic acids is 3. The van der Waals surface area contributed by atoms with Crippen LogP contribution in [-0.4, -0.2) is 71.4 Å². The minimum atomic E-state index is -0.803. The molecule has 3 N–H and O–H groups in total. The van der Waals surface area contributed by atoms with Crippen molar-refractivity contribution >= 4 is 40.5 Å². The van der Waals surface area contributed by atoms with Gasteiger partial charge in [-0.2, -0.15) is 0 Å². The zero-order chi connectivity index (χ0) is 28.7. The molecule has 11 heteroatoms. The number of benzene rings is 2. The molecular weight excluding hydrogens is 540 g/mol. The Balaban J connectivity index is 1.29. The van der Waals surface area contributed by atoms with Gasteiger partial charge in [0.1, 0.15) is 18.2 Å². The lowest BCUT2D eigenvalue weighted by molar-refractivity contribution is -0.144. The number of hydrogen-bond donors (Lipinski definition) is 3. The van der Waals surface area contributed by atoms with Crippen molar-refractivity contribution in [2.24, 2.45) is 17.8 Å². The number of aromatic nitrogens is 3. The second-order valence-corrected chi connectivity index (χ2v) is 13.0. The van der Waals surface area contributed by atoms with Crippen LogP contribution in [0.5, 0.6) is 0 Å². The molecule has 1 aromatic heterocycles. The molecule has 2 bridgehead atoms. The first-order valence-corrected chi connectivity index (χ1v) is 15.3. The topological polar surface area (TPSA) is 129 Å². The Labute approximate surface area is 243 Å². The van der Waals surface area contributed by atoms with Crippen LogP contribution in [0.15, 0.2) is 54.6 Å². The van der Waals surface area contributed by atoms with Crippen LogP contribution >= 0.6 is 11.8 Å². The molecule has 41 heavy (non-hydrogen) atoms. The summed E-state index contributed by atoms with van der Waals surface area (Å²) in [6.07, 6.45) is 2.17. The van der Waals surface area contributed by atoms with Crippen molar-refractivity contribution in [1.82, 2.24) is 30.5 Å². The largest absolute Gasteiger partial charge is 0.394 e. The molecule has 1 spiro atoms. The third-order valence-electron chi connectivity index (χ3n) is 9.27. The first kappa shape index (κ1) is 27.7. The number of nitrogens with zero attached hydrogens (tertiary/aromatic N) is 4. The number of para-hydroxylation sites is 1. The summed E-state index contributed by atoms with van der Waals surface area (Å²) < 4.78 is 0.896. The summed E-state index contributed by atoms with van der Waals surface area (Å²) in [4.78, 5) is 43.7. The van der Waals surface area contributed by atoms with Crippen molar-refractivity contribution in [1.29, 1.82) is 0 Å². The molecule has 10 nitrogen and oxygen atoms in total. The summed E-state index contributed by atoms with van der Waals surface area (Å²) in [6, 6.07) is 15.9. The van der Waals surface area contributed by atoms with Gasteiger partial charge in [-0.3, -0.25) is 14.4 Å². The van der Waals surface area contributed by atoms with E-state index in [9.17, 15) is 19.5 Å². The van der Waals surface area contributed by atoms with E-state index in [0.717, 1.165) is 29.4 Å². The SMILES string of the molecule is CC[C@H](C)[C@H](CO)N1C(=O)[C@@H]2[C@H](C(=O)NCc3ccccc3)[C@@H]3CCC2(S3)C1C(=O)NCn1nnc2ccccc21. The summed E-state index contributed by atoms with van der Waals surface area (Å²) in [5, 5.41) is 24.9. The molecule has 0 saturated carbocycles. The first-order chi connectivity index (χ1) is 19.9. The van der Waals surface area contributed by atoms with E-state index >= 15 is 0 Å². The number of amides is 3. The fourth-order valence-corrected chi connectivity index (χ4v) is 9.25. The third-order valence-corrected chi connectivity index (χ3v) is 11.2. The molecule has 0 radical (unpaired) electrons. The molecule has 3 aliphatic rings. The van der Waals surface area contributed by atoms with Crippen molar-refractivity contribution in [2.75, 3.05) is 6.61 Å². The van der Waals surface area contributed by atoms with E-state index in [4.69, 9.17) is 0 Å². The average Bonchev–Trinajstić information content (AvgIpc) is 3.75. The van der Waals surface area contributed by atoms with Gasteiger partial charge in [-0.15, -0.1) is 16.9 Å². The van der Waals surface area contributed by atoms with E-state index in [1.165, 1.54) is 0 Å². The highest BCUT2D eigenvalue weighted by atomic mass is 32.2. The number of aliphatic hydroxyl groups excluding tert-OH is 1. The third kappa shape index (κ3) is 4.59. The van der Waals surface area contributed by atoms with E-state index in [0.29, 0.717) is 13.0 Å². The Kier molecular flexibility index (Phi) is 7.50. The van der Waals surface area contributed by atoms with Crippen LogP contribution in [0.4, 0.5) is 0 Å². The zero-order valence-corrected chi connectivity index (χ0v) is 24.1. The van der Waals surface area contributed by atoms with Crippen LogP contribution in [-0.2, 0) is 27.6 Å². The van der Waals surface area contributed by atoms with Gasteiger partial charge in [0.2, 0.25) is 17.7 Å². The monoisotopic (exact) mass is 576 g/mol. The van der Waals surface area contributed by atoms with Gasteiger partial charge in [0.25, 0.3) is 0 Å². The smallest absolute Gasteiger partial charge is 0.245 e. The van der Waals surface area contributed by atoms with Gasteiger partial charge in [-0.05, 0) is 36.5 Å². The van der Waals surface area contributed by atoms with Gasteiger partial charge < -0.3 is 20.6 Å². The minimum Gasteiger partial charge on any atom is -0.394 e. The minimum absolute atomic E-state index is 0.0266. The Bertz CT molecular complexity index is 1450. The number of hydrogen-bond acceptors (Lipinski definition) is 7. The highest BCUT2D eigenvalue weighted by Crippen LogP contribution is 2.66. The molecule has 3 aliphatic heterocycles. The number of rotatable bonds is 10. The van der Waals surface area contributed by atoms with Crippen LogP contribution in [0.3, 0.4) is 0 Å².